The minimum Gasteiger partial charge on any atom is -0.480 e. The van der Waals surface area contributed by atoms with E-state index in [1.54, 1.807) is 50.2 Å². The van der Waals surface area contributed by atoms with E-state index in [4.69, 9.17) is 4.74 Å². The first-order chi connectivity index (χ1) is 15.8. The van der Waals surface area contributed by atoms with E-state index in [0.29, 0.717) is 0 Å². The second kappa shape index (κ2) is 12.8. The Morgan fingerprint density at radius 1 is 0.879 bits per heavy atom. The molecule has 0 saturated heterocycles. The van der Waals surface area contributed by atoms with E-state index in [1.165, 1.54) is 0 Å². The molecule has 2 rings (SSSR count). The number of benzene rings is 2. The van der Waals surface area contributed by atoms with Crippen molar-refractivity contribution in [2.75, 3.05) is 6.54 Å². The fourth-order valence-electron chi connectivity index (χ4n) is 3.00. The molecule has 0 radical (unpaired) electrons. The van der Waals surface area contributed by atoms with E-state index in [9.17, 15) is 24.3 Å². The second-order valence-electron chi connectivity index (χ2n) is 7.79. The maximum atomic E-state index is 12.5. The number of nitrogens with one attached hydrogen (secondary N) is 3. The van der Waals surface area contributed by atoms with Crippen LogP contribution in [0.3, 0.4) is 0 Å². The molecular formula is C24H29N3O6. The molecule has 176 valence electrons. The van der Waals surface area contributed by atoms with Crippen molar-refractivity contribution in [3.05, 3.63) is 71.8 Å². The molecule has 0 aliphatic rings. The number of carboxylic acid groups (broad SMARTS) is 1. The van der Waals surface area contributed by atoms with Crippen LogP contribution in [0.5, 0.6) is 0 Å². The Balaban J connectivity index is 1.84. The van der Waals surface area contributed by atoms with Crippen LogP contribution in [0, 0.1) is 5.92 Å². The number of carboxylic acids is 1. The van der Waals surface area contributed by atoms with Crippen LogP contribution in [-0.4, -0.2) is 47.6 Å². The van der Waals surface area contributed by atoms with Gasteiger partial charge in [0.1, 0.15) is 18.7 Å². The highest BCUT2D eigenvalue weighted by Gasteiger charge is 2.26. The molecule has 2 aromatic rings. The molecule has 0 saturated carbocycles. The lowest BCUT2D eigenvalue weighted by molar-refractivity contribution is -0.141. The Morgan fingerprint density at radius 2 is 1.45 bits per heavy atom. The first kappa shape index (κ1) is 25.4. The number of rotatable bonds is 11. The highest BCUT2D eigenvalue weighted by molar-refractivity contribution is 5.91. The van der Waals surface area contributed by atoms with Gasteiger partial charge in [0.2, 0.25) is 11.8 Å². The first-order valence-corrected chi connectivity index (χ1v) is 10.6. The fourth-order valence-corrected chi connectivity index (χ4v) is 3.00. The molecule has 3 amide bonds. The van der Waals surface area contributed by atoms with Crippen LogP contribution < -0.4 is 16.0 Å². The molecule has 0 unspecified atom stereocenters. The van der Waals surface area contributed by atoms with E-state index in [-0.39, 0.29) is 18.9 Å². The van der Waals surface area contributed by atoms with Gasteiger partial charge in [-0.25, -0.2) is 9.59 Å². The van der Waals surface area contributed by atoms with Gasteiger partial charge >= 0.3 is 12.1 Å². The van der Waals surface area contributed by atoms with E-state index in [1.807, 2.05) is 24.3 Å². The van der Waals surface area contributed by atoms with Gasteiger partial charge < -0.3 is 25.8 Å². The van der Waals surface area contributed by atoms with E-state index in [2.05, 4.69) is 16.0 Å². The molecule has 2 atom stereocenters. The molecule has 33 heavy (non-hydrogen) atoms. The third-order valence-corrected chi connectivity index (χ3v) is 4.77. The quantitative estimate of drug-likeness (QED) is 0.409. The minimum absolute atomic E-state index is 0.0551. The van der Waals surface area contributed by atoms with Gasteiger partial charge in [-0.15, -0.1) is 0 Å². The number of aliphatic carboxylic acids is 1. The van der Waals surface area contributed by atoms with Gasteiger partial charge in [-0.3, -0.25) is 9.59 Å². The lowest BCUT2D eigenvalue weighted by Gasteiger charge is -2.21. The molecule has 2 aromatic carbocycles. The summed E-state index contributed by atoms with van der Waals surface area (Å²) in [6, 6.07) is 15.9. The Bertz CT molecular complexity index is 934. The number of carbonyl (C=O) groups is 4. The molecule has 0 fully saturated rings. The molecule has 9 nitrogen and oxygen atoms in total. The van der Waals surface area contributed by atoms with Crippen molar-refractivity contribution in [2.45, 2.75) is 39.0 Å². The summed E-state index contributed by atoms with van der Waals surface area (Å²) in [4.78, 5) is 48.4. The summed E-state index contributed by atoms with van der Waals surface area (Å²) in [6.45, 7) is 3.10. The molecule has 0 heterocycles. The summed E-state index contributed by atoms with van der Waals surface area (Å²) in [6.07, 6.45) is -0.648. The summed E-state index contributed by atoms with van der Waals surface area (Å²) in [5.41, 5.74) is 1.56. The minimum atomic E-state index is -1.18. The fraction of sp³-hybridized carbons (Fsp3) is 0.333. The van der Waals surface area contributed by atoms with Gasteiger partial charge in [0.05, 0.1) is 6.54 Å². The SMILES string of the molecule is CC(C)[C@H](NC(=O)OCc1ccccc1)C(=O)NCC(=O)N[C@H](Cc1ccccc1)C(=O)O. The molecule has 0 spiro atoms. The lowest BCUT2D eigenvalue weighted by Crippen LogP contribution is -2.52. The maximum Gasteiger partial charge on any atom is 0.408 e. The van der Waals surface area contributed by atoms with Crippen molar-refractivity contribution in [3.63, 3.8) is 0 Å². The van der Waals surface area contributed by atoms with Crippen molar-refractivity contribution < 1.29 is 29.0 Å². The number of ether oxygens (including phenoxy) is 1. The van der Waals surface area contributed by atoms with Crippen LogP contribution in [0.2, 0.25) is 0 Å². The van der Waals surface area contributed by atoms with Gasteiger partial charge in [0.25, 0.3) is 0 Å². The highest BCUT2D eigenvalue weighted by Crippen LogP contribution is 2.05. The van der Waals surface area contributed by atoms with Gasteiger partial charge in [-0.2, -0.15) is 0 Å². The number of hydrogen-bond acceptors (Lipinski definition) is 5. The summed E-state index contributed by atoms with van der Waals surface area (Å²) in [5, 5.41) is 16.7. The molecule has 0 aliphatic heterocycles. The molecule has 0 aliphatic carbocycles. The van der Waals surface area contributed by atoms with Crippen molar-refractivity contribution in [2.24, 2.45) is 5.92 Å². The summed E-state index contributed by atoms with van der Waals surface area (Å²) < 4.78 is 5.15. The van der Waals surface area contributed by atoms with E-state index >= 15 is 0 Å². The van der Waals surface area contributed by atoms with Gasteiger partial charge in [0.15, 0.2) is 0 Å². The number of carbonyl (C=O) groups excluding carboxylic acids is 3. The Kier molecular flexibility index (Phi) is 9.88. The van der Waals surface area contributed by atoms with Crippen LogP contribution in [-0.2, 0) is 32.1 Å². The van der Waals surface area contributed by atoms with Crippen molar-refractivity contribution in [3.8, 4) is 0 Å². The molecule has 9 heteroatoms. The predicted octanol–water partition coefficient (Wildman–Crippen LogP) is 1.87. The van der Waals surface area contributed by atoms with Crippen molar-refractivity contribution in [1.82, 2.24) is 16.0 Å². The van der Waals surface area contributed by atoms with Crippen LogP contribution in [0.15, 0.2) is 60.7 Å². The first-order valence-electron chi connectivity index (χ1n) is 10.6. The summed E-state index contributed by atoms with van der Waals surface area (Å²) in [7, 11) is 0. The number of alkyl carbamates (subject to hydrolysis) is 1. The molecule has 0 bridgehead atoms. The van der Waals surface area contributed by atoms with Gasteiger partial charge in [-0.05, 0) is 17.0 Å². The lowest BCUT2D eigenvalue weighted by atomic mass is 10.0. The van der Waals surface area contributed by atoms with Crippen LogP contribution in [0.25, 0.3) is 0 Å². The number of hydrogen-bond donors (Lipinski definition) is 4. The third-order valence-electron chi connectivity index (χ3n) is 4.77. The zero-order valence-electron chi connectivity index (χ0n) is 18.6. The molecular weight excluding hydrogens is 426 g/mol. The average molecular weight is 456 g/mol. The topological polar surface area (TPSA) is 134 Å². The molecule has 0 aromatic heterocycles. The zero-order chi connectivity index (χ0) is 24.2. The largest absolute Gasteiger partial charge is 0.480 e. The van der Waals surface area contributed by atoms with Crippen molar-refractivity contribution >= 4 is 23.9 Å². The molecule has 4 N–H and O–H groups in total. The smallest absolute Gasteiger partial charge is 0.408 e. The Hall–Kier alpha value is -3.88. The van der Waals surface area contributed by atoms with Crippen LogP contribution in [0.1, 0.15) is 25.0 Å². The van der Waals surface area contributed by atoms with Crippen molar-refractivity contribution in [1.29, 1.82) is 0 Å². The monoisotopic (exact) mass is 455 g/mol. The summed E-state index contributed by atoms with van der Waals surface area (Å²) in [5.74, 6) is -2.68. The standard InChI is InChI=1S/C24H29N3O6/c1-16(2)21(27-24(32)33-15-18-11-7-4-8-12-18)22(29)25-14-20(28)26-19(23(30)31)13-17-9-5-3-6-10-17/h3-12,16,19,21H,13-15H2,1-2H3,(H,25,29)(H,26,28)(H,27,32)(H,30,31)/t19-,21+/m1/s1. The maximum absolute atomic E-state index is 12.5. The third kappa shape index (κ3) is 9.02. The van der Waals surface area contributed by atoms with Gasteiger partial charge in [-0.1, -0.05) is 74.5 Å². The average Bonchev–Trinajstić information content (AvgIpc) is 2.80. The second-order valence-corrected chi connectivity index (χ2v) is 7.79. The van der Waals surface area contributed by atoms with Gasteiger partial charge in [0, 0.05) is 6.42 Å². The van der Waals surface area contributed by atoms with Crippen LogP contribution in [0.4, 0.5) is 4.79 Å². The highest BCUT2D eigenvalue weighted by atomic mass is 16.5. The zero-order valence-corrected chi connectivity index (χ0v) is 18.6. The van der Waals surface area contributed by atoms with E-state index < -0.39 is 42.5 Å². The predicted molar refractivity (Wildman–Crippen MR) is 121 cm³/mol. The Morgan fingerprint density at radius 3 is 2.00 bits per heavy atom. The number of amides is 3. The van der Waals surface area contributed by atoms with Crippen LogP contribution >= 0.6 is 0 Å². The van der Waals surface area contributed by atoms with E-state index in [0.717, 1.165) is 11.1 Å². The normalized spacial score (nSPS) is 12.3. The Labute approximate surface area is 192 Å². The summed E-state index contributed by atoms with van der Waals surface area (Å²) >= 11 is 0.